The summed E-state index contributed by atoms with van der Waals surface area (Å²) in [4.78, 5) is 13.1. The second-order valence-corrected chi connectivity index (χ2v) is 3.65. The Morgan fingerprint density at radius 1 is 1.29 bits per heavy atom. The van der Waals surface area contributed by atoms with Crippen molar-refractivity contribution in [2.75, 3.05) is 33.4 Å². The fourth-order valence-corrected chi connectivity index (χ4v) is 1.99. The number of hydrogen-bond donors (Lipinski definition) is 1. The molecule has 2 aliphatic rings. The van der Waals surface area contributed by atoms with E-state index in [0.29, 0.717) is 26.3 Å². The fourth-order valence-electron chi connectivity index (χ4n) is 1.99. The molecule has 0 saturated carbocycles. The lowest BCUT2D eigenvalue weighted by Gasteiger charge is -2.37. The standard InChI is InChI=1S/C9H16N2O3/c1-10-8(12)11-4-2-9(3-5-11)13-6-7-14-9/h2-7H2,1H3,(H,10,12). The van der Waals surface area contributed by atoms with Crippen LogP contribution in [-0.4, -0.2) is 50.1 Å². The van der Waals surface area contributed by atoms with Crippen molar-refractivity contribution < 1.29 is 14.3 Å². The first kappa shape index (κ1) is 9.73. The van der Waals surface area contributed by atoms with E-state index in [0.717, 1.165) is 12.8 Å². The number of urea groups is 1. The molecule has 80 valence electrons. The smallest absolute Gasteiger partial charge is 0.317 e. The molecule has 2 rings (SSSR count). The maximum atomic E-state index is 11.3. The molecule has 2 fully saturated rings. The minimum atomic E-state index is -0.384. The predicted octanol–water partition coefficient (Wildman–Crippen LogP) is 0.165. The van der Waals surface area contributed by atoms with Crippen molar-refractivity contribution in [3.05, 3.63) is 0 Å². The lowest BCUT2D eigenvalue weighted by Crippen LogP contribution is -2.49. The number of carbonyl (C=O) groups excluding carboxylic acids is 1. The molecule has 14 heavy (non-hydrogen) atoms. The summed E-state index contributed by atoms with van der Waals surface area (Å²) in [5, 5.41) is 2.62. The van der Waals surface area contributed by atoms with E-state index in [1.54, 1.807) is 11.9 Å². The van der Waals surface area contributed by atoms with Gasteiger partial charge in [-0.1, -0.05) is 0 Å². The first-order valence-electron chi connectivity index (χ1n) is 5.00. The second kappa shape index (κ2) is 3.74. The monoisotopic (exact) mass is 200 g/mol. The van der Waals surface area contributed by atoms with Gasteiger partial charge in [-0.2, -0.15) is 0 Å². The third kappa shape index (κ3) is 1.69. The Bertz CT molecular complexity index is 216. The molecule has 0 atom stereocenters. The largest absolute Gasteiger partial charge is 0.347 e. The minimum Gasteiger partial charge on any atom is -0.347 e. The van der Waals surface area contributed by atoms with E-state index < -0.39 is 0 Å². The number of amides is 2. The Hall–Kier alpha value is -0.810. The first-order chi connectivity index (χ1) is 6.76. The van der Waals surface area contributed by atoms with Crippen LogP contribution in [0.5, 0.6) is 0 Å². The number of nitrogens with one attached hydrogen (secondary N) is 1. The first-order valence-corrected chi connectivity index (χ1v) is 5.00. The van der Waals surface area contributed by atoms with Crippen LogP contribution in [0.4, 0.5) is 4.79 Å². The van der Waals surface area contributed by atoms with Crippen LogP contribution in [-0.2, 0) is 9.47 Å². The zero-order chi connectivity index (χ0) is 10.0. The van der Waals surface area contributed by atoms with Crippen LogP contribution >= 0.6 is 0 Å². The van der Waals surface area contributed by atoms with Crippen molar-refractivity contribution in [3.63, 3.8) is 0 Å². The van der Waals surface area contributed by atoms with Crippen molar-refractivity contribution in [1.82, 2.24) is 10.2 Å². The van der Waals surface area contributed by atoms with Gasteiger partial charge in [0.15, 0.2) is 5.79 Å². The SMILES string of the molecule is CNC(=O)N1CCC2(CC1)OCCO2. The van der Waals surface area contributed by atoms with Gasteiger partial charge in [-0.3, -0.25) is 0 Å². The molecule has 2 saturated heterocycles. The lowest BCUT2D eigenvalue weighted by atomic mass is 10.0. The molecule has 1 N–H and O–H groups in total. The Morgan fingerprint density at radius 3 is 2.36 bits per heavy atom. The maximum absolute atomic E-state index is 11.3. The molecule has 2 aliphatic heterocycles. The van der Waals surface area contributed by atoms with Gasteiger partial charge in [0.1, 0.15) is 0 Å². The second-order valence-electron chi connectivity index (χ2n) is 3.65. The summed E-state index contributed by atoms with van der Waals surface area (Å²) in [5.74, 6) is -0.384. The molecule has 0 aliphatic carbocycles. The van der Waals surface area contributed by atoms with Gasteiger partial charge in [0, 0.05) is 33.0 Å². The number of piperidine rings is 1. The molecule has 5 nitrogen and oxygen atoms in total. The van der Waals surface area contributed by atoms with Crippen LogP contribution in [0.1, 0.15) is 12.8 Å². The third-order valence-corrected chi connectivity index (χ3v) is 2.84. The molecular formula is C9H16N2O3. The van der Waals surface area contributed by atoms with Crippen LogP contribution in [0, 0.1) is 0 Å². The highest BCUT2D eigenvalue weighted by Gasteiger charge is 2.40. The van der Waals surface area contributed by atoms with Gasteiger partial charge in [0.25, 0.3) is 0 Å². The molecule has 2 amide bonds. The van der Waals surface area contributed by atoms with E-state index in [4.69, 9.17) is 9.47 Å². The van der Waals surface area contributed by atoms with Gasteiger partial charge in [0.2, 0.25) is 0 Å². The van der Waals surface area contributed by atoms with Crippen LogP contribution in [0.25, 0.3) is 0 Å². The highest BCUT2D eigenvalue weighted by atomic mass is 16.7. The van der Waals surface area contributed by atoms with Gasteiger partial charge < -0.3 is 19.7 Å². The summed E-state index contributed by atoms with van der Waals surface area (Å²) in [6.07, 6.45) is 1.56. The highest BCUT2D eigenvalue weighted by Crippen LogP contribution is 2.30. The summed E-state index contributed by atoms with van der Waals surface area (Å²) >= 11 is 0. The molecular weight excluding hydrogens is 184 g/mol. The quantitative estimate of drug-likeness (QED) is 0.606. The number of rotatable bonds is 0. The average molecular weight is 200 g/mol. The molecule has 1 spiro atoms. The third-order valence-electron chi connectivity index (χ3n) is 2.84. The van der Waals surface area contributed by atoms with Crippen LogP contribution < -0.4 is 5.32 Å². The number of ether oxygens (including phenoxy) is 2. The zero-order valence-corrected chi connectivity index (χ0v) is 8.41. The van der Waals surface area contributed by atoms with Crippen molar-refractivity contribution in [3.8, 4) is 0 Å². The summed E-state index contributed by atoms with van der Waals surface area (Å²) in [7, 11) is 1.65. The number of hydrogen-bond acceptors (Lipinski definition) is 3. The summed E-state index contributed by atoms with van der Waals surface area (Å²) in [5.41, 5.74) is 0. The average Bonchev–Trinajstić information content (AvgIpc) is 2.67. The minimum absolute atomic E-state index is 0.0159. The summed E-state index contributed by atoms with van der Waals surface area (Å²) in [6, 6.07) is -0.0159. The fraction of sp³-hybridized carbons (Fsp3) is 0.889. The Morgan fingerprint density at radius 2 is 1.86 bits per heavy atom. The Kier molecular flexibility index (Phi) is 2.60. The molecule has 2 heterocycles. The van der Waals surface area contributed by atoms with Crippen molar-refractivity contribution in [1.29, 1.82) is 0 Å². The Balaban J connectivity index is 1.88. The number of likely N-dealkylation sites (tertiary alicyclic amines) is 1. The molecule has 0 bridgehead atoms. The molecule has 0 aromatic rings. The van der Waals surface area contributed by atoms with E-state index in [2.05, 4.69) is 5.32 Å². The van der Waals surface area contributed by atoms with Gasteiger partial charge in [-0.15, -0.1) is 0 Å². The normalized spacial score (nSPS) is 25.4. The molecule has 0 unspecified atom stereocenters. The van der Waals surface area contributed by atoms with Crippen molar-refractivity contribution >= 4 is 6.03 Å². The Labute approximate surface area is 83.3 Å². The van der Waals surface area contributed by atoms with Crippen LogP contribution in [0.3, 0.4) is 0 Å². The molecule has 5 heteroatoms. The maximum Gasteiger partial charge on any atom is 0.317 e. The van der Waals surface area contributed by atoms with E-state index in [1.165, 1.54) is 0 Å². The van der Waals surface area contributed by atoms with Crippen LogP contribution in [0.15, 0.2) is 0 Å². The van der Waals surface area contributed by atoms with E-state index in [9.17, 15) is 4.79 Å². The topological polar surface area (TPSA) is 50.8 Å². The predicted molar refractivity (Wildman–Crippen MR) is 49.9 cm³/mol. The van der Waals surface area contributed by atoms with E-state index >= 15 is 0 Å². The summed E-state index contributed by atoms with van der Waals surface area (Å²) < 4.78 is 11.1. The lowest BCUT2D eigenvalue weighted by molar-refractivity contribution is -0.181. The molecule has 0 aromatic carbocycles. The van der Waals surface area contributed by atoms with Gasteiger partial charge >= 0.3 is 6.03 Å². The van der Waals surface area contributed by atoms with E-state index in [1.807, 2.05) is 0 Å². The summed E-state index contributed by atoms with van der Waals surface area (Å²) in [6.45, 7) is 2.78. The molecule has 0 radical (unpaired) electrons. The molecule has 0 aromatic heterocycles. The van der Waals surface area contributed by atoms with Crippen LogP contribution in [0.2, 0.25) is 0 Å². The van der Waals surface area contributed by atoms with Gasteiger partial charge in [-0.25, -0.2) is 4.79 Å². The number of carbonyl (C=O) groups is 1. The van der Waals surface area contributed by atoms with Crippen molar-refractivity contribution in [2.24, 2.45) is 0 Å². The number of nitrogens with zero attached hydrogens (tertiary/aromatic N) is 1. The van der Waals surface area contributed by atoms with Crippen molar-refractivity contribution in [2.45, 2.75) is 18.6 Å². The highest BCUT2D eigenvalue weighted by molar-refractivity contribution is 5.73. The van der Waals surface area contributed by atoms with Gasteiger partial charge in [-0.05, 0) is 0 Å². The zero-order valence-electron chi connectivity index (χ0n) is 8.41. The van der Waals surface area contributed by atoms with E-state index in [-0.39, 0.29) is 11.8 Å². The van der Waals surface area contributed by atoms with Gasteiger partial charge in [0.05, 0.1) is 13.2 Å².